The second kappa shape index (κ2) is 4.13. The summed E-state index contributed by atoms with van der Waals surface area (Å²) in [5, 5.41) is 12.9. The van der Waals surface area contributed by atoms with Crippen LogP contribution in [0.1, 0.15) is 39.1 Å². The summed E-state index contributed by atoms with van der Waals surface area (Å²) in [7, 11) is 0. The van der Waals surface area contributed by atoms with E-state index in [0.29, 0.717) is 0 Å². The first-order valence-electron chi connectivity index (χ1n) is 5.00. The van der Waals surface area contributed by atoms with Crippen LogP contribution >= 0.6 is 0 Å². The van der Waals surface area contributed by atoms with Gasteiger partial charge in [-0.25, -0.2) is 0 Å². The third-order valence-corrected chi connectivity index (χ3v) is 2.17. The van der Waals surface area contributed by atoms with E-state index in [2.05, 4.69) is 25.9 Å². The molecule has 0 bridgehead atoms. The lowest BCUT2D eigenvalue weighted by atomic mass is 9.92. The maximum atomic E-state index is 8.90. The Morgan fingerprint density at radius 3 is 2.57 bits per heavy atom. The molecule has 1 rings (SSSR count). The Hall–Kier alpha value is -0.830. The second-order valence-corrected chi connectivity index (χ2v) is 4.92. The Morgan fingerprint density at radius 1 is 1.50 bits per heavy atom. The maximum absolute atomic E-state index is 8.90. The van der Waals surface area contributed by atoms with E-state index in [1.54, 1.807) is 0 Å². The molecular weight excluding hydrogens is 178 g/mol. The molecule has 80 valence electrons. The zero-order valence-electron chi connectivity index (χ0n) is 9.37. The molecule has 0 aliphatic rings. The highest BCUT2D eigenvalue weighted by Crippen LogP contribution is 2.23. The van der Waals surface area contributed by atoms with Gasteiger partial charge in [-0.15, -0.1) is 0 Å². The molecule has 0 fully saturated rings. The van der Waals surface area contributed by atoms with Crippen LogP contribution in [-0.2, 0) is 11.8 Å². The van der Waals surface area contributed by atoms with E-state index in [4.69, 9.17) is 9.63 Å². The van der Waals surface area contributed by atoms with E-state index < -0.39 is 0 Å². The average molecular weight is 197 g/mol. The summed E-state index contributed by atoms with van der Waals surface area (Å²) >= 11 is 0. The van der Waals surface area contributed by atoms with Gasteiger partial charge < -0.3 is 9.63 Å². The number of hydrogen-bond donors (Lipinski definition) is 1. The van der Waals surface area contributed by atoms with Crippen molar-refractivity contribution in [1.29, 1.82) is 0 Å². The average Bonchev–Trinajstić information content (AvgIpc) is 2.51. The molecule has 0 saturated heterocycles. The molecule has 0 amide bonds. The van der Waals surface area contributed by atoms with Crippen LogP contribution in [0.3, 0.4) is 0 Å². The third-order valence-electron chi connectivity index (χ3n) is 2.17. The van der Waals surface area contributed by atoms with E-state index in [9.17, 15) is 0 Å². The van der Waals surface area contributed by atoms with E-state index in [0.717, 1.165) is 17.9 Å². The van der Waals surface area contributed by atoms with Crippen LogP contribution in [0.4, 0.5) is 0 Å². The van der Waals surface area contributed by atoms with Crippen molar-refractivity contribution < 1.29 is 9.63 Å². The zero-order chi connectivity index (χ0) is 10.8. The molecule has 0 aliphatic heterocycles. The fraction of sp³-hybridized carbons (Fsp3) is 0.727. The molecule has 1 unspecified atom stereocenters. The van der Waals surface area contributed by atoms with Gasteiger partial charge >= 0.3 is 0 Å². The van der Waals surface area contributed by atoms with E-state index in [-0.39, 0.29) is 17.9 Å². The summed E-state index contributed by atoms with van der Waals surface area (Å²) in [5.41, 5.74) is 0.935. The number of aliphatic hydroxyl groups excluding tert-OH is 1. The molecule has 0 saturated carbocycles. The number of aromatic nitrogens is 1. The minimum atomic E-state index is 0.00764. The van der Waals surface area contributed by atoms with Crippen LogP contribution in [0.5, 0.6) is 0 Å². The molecule has 1 heterocycles. The van der Waals surface area contributed by atoms with Crippen molar-refractivity contribution in [2.45, 2.75) is 39.5 Å². The molecule has 1 aromatic heterocycles. The molecule has 1 N–H and O–H groups in total. The molecule has 14 heavy (non-hydrogen) atoms. The van der Waals surface area contributed by atoms with Crippen LogP contribution in [0.15, 0.2) is 10.6 Å². The van der Waals surface area contributed by atoms with Gasteiger partial charge in [0.15, 0.2) is 0 Å². The standard InChI is InChI=1S/C11H19NO2/c1-8(7-13)5-9-6-10(14-12-9)11(2,3)4/h6,8,13H,5,7H2,1-4H3. The Bertz CT molecular complexity index is 286. The normalized spacial score (nSPS) is 14.4. The lowest BCUT2D eigenvalue weighted by Crippen LogP contribution is -2.09. The maximum Gasteiger partial charge on any atom is 0.142 e. The molecule has 0 radical (unpaired) electrons. The zero-order valence-corrected chi connectivity index (χ0v) is 9.37. The quantitative estimate of drug-likeness (QED) is 0.807. The van der Waals surface area contributed by atoms with Gasteiger partial charge in [-0.05, 0) is 12.3 Å². The van der Waals surface area contributed by atoms with Gasteiger partial charge in [0.2, 0.25) is 0 Å². The molecule has 0 aromatic carbocycles. The summed E-state index contributed by atoms with van der Waals surface area (Å²) in [6.45, 7) is 8.45. The van der Waals surface area contributed by atoms with Gasteiger partial charge in [0.05, 0.1) is 5.69 Å². The minimum absolute atomic E-state index is 0.00764. The molecule has 3 nitrogen and oxygen atoms in total. The van der Waals surface area contributed by atoms with Crippen LogP contribution in [0, 0.1) is 5.92 Å². The van der Waals surface area contributed by atoms with Gasteiger partial charge in [-0.3, -0.25) is 0 Å². The van der Waals surface area contributed by atoms with Gasteiger partial charge in [0, 0.05) is 18.1 Å². The topological polar surface area (TPSA) is 46.3 Å². The van der Waals surface area contributed by atoms with Crippen molar-refractivity contribution in [2.24, 2.45) is 5.92 Å². The van der Waals surface area contributed by atoms with Crippen molar-refractivity contribution >= 4 is 0 Å². The van der Waals surface area contributed by atoms with Crippen LogP contribution in [0.25, 0.3) is 0 Å². The number of hydrogen-bond acceptors (Lipinski definition) is 3. The Balaban J connectivity index is 2.69. The molecule has 1 atom stereocenters. The highest BCUT2D eigenvalue weighted by molar-refractivity contribution is 5.13. The van der Waals surface area contributed by atoms with Crippen molar-refractivity contribution in [3.8, 4) is 0 Å². The molecule has 1 aromatic rings. The Kier molecular flexibility index (Phi) is 3.32. The second-order valence-electron chi connectivity index (χ2n) is 4.92. The number of rotatable bonds is 3. The summed E-state index contributed by atoms with van der Waals surface area (Å²) in [6, 6.07) is 1.98. The fourth-order valence-electron chi connectivity index (χ4n) is 1.18. The van der Waals surface area contributed by atoms with Crippen molar-refractivity contribution in [3.63, 3.8) is 0 Å². The first-order valence-corrected chi connectivity index (χ1v) is 5.00. The van der Waals surface area contributed by atoms with Crippen molar-refractivity contribution in [3.05, 3.63) is 17.5 Å². The van der Waals surface area contributed by atoms with E-state index in [1.165, 1.54) is 0 Å². The highest BCUT2D eigenvalue weighted by atomic mass is 16.5. The van der Waals surface area contributed by atoms with Gasteiger partial charge in [0.1, 0.15) is 5.76 Å². The molecular formula is C11H19NO2. The first kappa shape index (κ1) is 11.2. The Morgan fingerprint density at radius 2 is 2.14 bits per heavy atom. The molecule has 3 heteroatoms. The summed E-state index contributed by atoms with van der Waals surface area (Å²) in [6.07, 6.45) is 0.774. The lowest BCUT2D eigenvalue weighted by molar-refractivity contribution is 0.234. The van der Waals surface area contributed by atoms with Crippen molar-refractivity contribution in [2.75, 3.05) is 6.61 Å². The fourth-order valence-corrected chi connectivity index (χ4v) is 1.18. The first-order chi connectivity index (χ1) is 6.43. The number of aliphatic hydroxyl groups is 1. The number of nitrogens with zero attached hydrogens (tertiary/aromatic N) is 1. The van der Waals surface area contributed by atoms with Gasteiger partial charge in [-0.2, -0.15) is 0 Å². The Labute approximate surface area is 85.1 Å². The SMILES string of the molecule is CC(CO)Cc1cc(C(C)(C)C)on1. The largest absolute Gasteiger partial charge is 0.396 e. The van der Waals surface area contributed by atoms with Crippen LogP contribution in [-0.4, -0.2) is 16.9 Å². The molecule has 0 spiro atoms. The van der Waals surface area contributed by atoms with E-state index in [1.807, 2.05) is 13.0 Å². The predicted molar refractivity (Wildman–Crippen MR) is 55.2 cm³/mol. The highest BCUT2D eigenvalue weighted by Gasteiger charge is 2.19. The minimum Gasteiger partial charge on any atom is -0.396 e. The smallest absolute Gasteiger partial charge is 0.142 e. The lowest BCUT2D eigenvalue weighted by Gasteiger charge is -2.12. The summed E-state index contributed by atoms with van der Waals surface area (Å²) in [5.74, 6) is 1.14. The van der Waals surface area contributed by atoms with Crippen LogP contribution < -0.4 is 0 Å². The van der Waals surface area contributed by atoms with Gasteiger partial charge in [0.25, 0.3) is 0 Å². The van der Waals surface area contributed by atoms with Gasteiger partial charge in [-0.1, -0.05) is 32.9 Å². The summed E-state index contributed by atoms with van der Waals surface area (Å²) in [4.78, 5) is 0. The van der Waals surface area contributed by atoms with Crippen LogP contribution in [0.2, 0.25) is 0 Å². The molecule has 0 aliphatic carbocycles. The predicted octanol–water partition coefficient (Wildman–Crippen LogP) is 2.14. The summed E-state index contributed by atoms with van der Waals surface area (Å²) < 4.78 is 5.24. The third kappa shape index (κ3) is 2.84. The van der Waals surface area contributed by atoms with E-state index >= 15 is 0 Å². The monoisotopic (exact) mass is 197 g/mol. The van der Waals surface area contributed by atoms with Crippen molar-refractivity contribution in [1.82, 2.24) is 5.16 Å².